The molecule has 0 aromatic carbocycles. The summed E-state index contributed by atoms with van der Waals surface area (Å²) in [5.74, 6) is 1.31. The van der Waals surface area contributed by atoms with Crippen LogP contribution in [0.15, 0.2) is 4.99 Å². The summed E-state index contributed by atoms with van der Waals surface area (Å²) in [6, 6.07) is 0. The van der Waals surface area contributed by atoms with Crippen LogP contribution in [-0.4, -0.2) is 36.8 Å². The summed E-state index contributed by atoms with van der Waals surface area (Å²) in [4.78, 5) is 4.78. The predicted molar refractivity (Wildman–Crippen MR) is 83.9 cm³/mol. The van der Waals surface area contributed by atoms with Crippen molar-refractivity contribution in [3.05, 3.63) is 0 Å². The molecule has 0 aliphatic heterocycles. The molecule has 0 heterocycles. The normalized spacial score (nSPS) is 29.1. The zero-order valence-corrected chi connectivity index (χ0v) is 13.1. The van der Waals surface area contributed by atoms with Gasteiger partial charge in [-0.3, -0.25) is 4.99 Å². The summed E-state index contributed by atoms with van der Waals surface area (Å²) in [7, 11) is 0. The van der Waals surface area contributed by atoms with Gasteiger partial charge in [0.1, 0.15) is 0 Å². The Balaban J connectivity index is 1.82. The van der Waals surface area contributed by atoms with Gasteiger partial charge in [0.05, 0.1) is 6.10 Å². The van der Waals surface area contributed by atoms with Crippen LogP contribution in [0.5, 0.6) is 0 Å². The molecule has 2 fully saturated rings. The number of nitrogens with zero attached hydrogens (tertiary/aromatic N) is 1. The first-order chi connectivity index (χ1) is 9.69. The van der Waals surface area contributed by atoms with Crippen LogP contribution in [0.4, 0.5) is 0 Å². The van der Waals surface area contributed by atoms with E-state index in [2.05, 4.69) is 24.5 Å². The first-order valence-electron chi connectivity index (χ1n) is 8.39. The summed E-state index contributed by atoms with van der Waals surface area (Å²) in [6.45, 7) is 7.04. The Labute approximate surface area is 123 Å². The molecule has 3 N–H and O–H groups in total. The quantitative estimate of drug-likeness (QED) is 0.517. The minimum Gasteiger partial charge on any atom is -0.393 e. The van der Waals surface area contributed by atoms with Gasteiger partial charge in [0.2, 0.25) is 0 Å². The molecule has 0 aromatic rings. The predicted octanol–water partition coefficient (Wildman–Crippen LogP) is 2.28. The Hall–Kier alpha value is -0.770. The molecule has 4 heteroatoms. The molecule has 0 amide bonds. The molecular formula is C16H31N3O. The number of hydrogen-bond donors (Lipinski definition) is 3. The largest absolute Gasteiger partial charge is 0.393 e. The van der Waals surface area contributed by atoms with Crippen molar-refractivity contribution in [2.75, 3.05) is 19.6 Å². The number of aliphatic hydroxyl groups excluding tert-OH is 1. The van der Waals surface area contributed by atoms with Crippen LogP contribution in [0, 0.1) is 11.3 Å². The lowest BCUT2D eigenvalue weighted by Gasteiger charge is -2.40. The lowest BCUT2D eigenvalue weighted by Crippen LogP contribution is -2.42. The van der Waals surface area contributed by atoms with E-state index in [1.807, 2.05) is 0 Å². The second-order valence-corrected chi connectivity index (χ2v) is 6.54. The fourth-order valence-corrected chi connectivity index (χ4v) is 3.37. The van der Waals surface area contributed by atoms with Gasteiger partial charge in [0.25, 0.3) is 0 Å². The zero-order valence-electron chi connectivity index (χ0n) is 13.1. The van der Waals surface area contributed by atoms with Crippen molar-refractivity contribution in [3.8, 4) is 0 Å². The summed E-state index contributed by atoms with van der Waals surface area (Å²) in [6.07, 6.45) is 8.37. The monoisotopic (exact) mass is 281 g/mol. The molecular weight excluding hydrogens is 250 g/mol. The van der Waals surface area contributed by atoms with Crippen LogP contribution in [0.2, 0.25) is 0 Å². The van der Waals surface area contributed by atoms with Crippen LogP contribution in [-0.2, 0) is 0 Å². The van der Waals surface area contributed by atoms with Crippen molar-refractivity contribution in [2.45, 2.75) is 64.9 Å². The second kappa shape index (κ2) is 7.30. The number of guanidine groups is 1. The molecule has 2 aliphatic carbocycles. The molecule has 2 aliphatic rings. The molecule has 2 unspecified atom stereocenters. The van der Waals surface area contributed by atoms with Gasteiger partial charge in [-0.15, -0.1) is 0 Å². The zero-order chi connectivity index (χ0) is 14.4. The molecule has 0 bridgehead atoms. The standard InChI is InChI=1S/C16H31N3O/c1-3-16(9-6-10-16)12-19-15(17-4-2)18-11-13-7-5-8-14(13)20/h13-14,20H,3-12H2,1-2H3,(H2,17,18,19). The Bertz CT molecular complexity index is 320. The molecule has 2 atom stereocenters. The Kier molecular flexibility index (Phi) is 5.70. The van der Waals surface area contributed by atoms with E-state index < -0.39 is 0 Å². The van der Waals surface area contributed by atoms with E-state index in [0.717, 1.165) is 44.9 Å². The summed E-state index contributed by atoms with van der Waals surface area (Å²) < 4.78 is 0. The second-order valence-electron chi connectivity index (χ2n) is 6.54. The molecule has 0 spiro atoms. The maximum Gasteiger partial charge on any atom is 0.191 e. The maximum atomic E-state index is 9.88. The third-order valence-corrected chi connectivity index (χ3v) is 5.23. The van der Waals surface area contributed by atoms with Gasteiger partial charge in [0, 0.05) is 25.6 Å². The van der Waals surface area contributed by atoms with Crippen molar-refractivity contribution in [1.29, 1.82) is 0 Å². The van der Waals surface area contributed by atoms with Crippen LogP contribution in [0.1, 0.15) is 58.8 Å². The Morgan fingerprint density at radius 1 is 1.20 bits per heavy atom. The minimum atomic E-state index is -0.126. The molecule has 0 aromatic heterocycles. The maximum absolute atomic E-state index is 9.88. The van der Waals surface area contributed by atoms with Crippen molar-refractivity contribution >= 4 is 5.96 Å². The molecule has 0 saturated heterocycles. The van der Waals surface area contributed by atoms with E-state index in [-0.39, 0.29) is 6.10 Å². The fourth-order valence-electron chi connectivity index (χ4n) is 3.37. The Morgan fingerprint density at radius 2 is 2.00 bits per heavy atom. The molecule has 0 radical (unpaired) electrons. The van der Waals surface area contributed by atoms with Crippen molar-refractivity contribution in [3.63, 3.8) is 0 Å². The van der Waals surface area contributed by atoms with Crippen LogP contribution < -0.4 is 10.6 Å². The van der Waals surface area contributed by atoms with Crippen LogP contribution in [0.25, 0.3) is 0 Å². The van der Waals surface area contributed by atoms with E-state index >= 15 is 0 Å². The number of hydrogen-bond acceptors (Lipinski definition) is 2. The van der Waals surface area contributed by atoms with Gasteiger partial charge in [0.15, 0.2) is 5.96 Å². The third kappa shape index (κ3) is 3.87. The van der Waals surface area contributed by atoms with Gasteiger partial charge in [-0.1, -0.05) is 19.8 Å². The van der Waals surface area contributed by atoms with Gasteiger partial charge in [-0.05, 0) is 44.4 Å². The first kappa shape index (κ1) is 15.6. The van der Waals surface area contributed by atoms with Crippen LogP contribution >= 0.6 is 0 Å². The van der Waals surface area contributed by atoms with E-state index in [1.165, 1.54) is 25.7 Å². The lowest BCUT2D eigenvalue weighted by molar-refractivity contribution is 0.133. The van der Waals surface area contributed by atoms with Gasteiger partial charge in [-0.25, -0.2) is 0 Å². The molecule has 20 heavy (non-hydrogen) atoms. The summed E-state index contributed by atoms with van der Waals surface area (Å²) in [5.41, 5.74) is 0.467. The minimum absolute atomic E-state index is 0.126. The van der Waals surface area contributed by atoms with Crippen molar-refractivity contribution in [1.82, 2.24) is 10.6 Å². The van der Waals surface area contributed by atoms with Crippen molar-refractivity contribution in [2.24, 2.45) is 16.3 Å². The van der Waals surface area contributed by atoms with Gasteiger partial charge in [-0.2, -0.15) is 0 Å². The summed E-state index contributed by atoms with van der Waals surface area (Å²) in [5, 5.41) is 16.6. The average molecular weight is 281 g/mol. The summed E-state index contributed by atoms with van der Waals surface area (Å²) >= 11 is 0. The Morgan fingerprint density at radius 3 is 2.50 bits per heavy atom. The highest BCUT2D eigenvalue weighted by Gasteiger charge is 2.34. The van der Waals surface area contributed by atoms with E-state index in [1.54, 1.807) is 0 Å². The van der Waals surface area contributed by atoms with E-state index in [9.17, 15) is 5.11 Å². The highest BCUT2D eigenvalue weighted by molar-refractivity contribution is 5.79. The number of aliphatic hydroxyl groups is 1. The van der Waals surface area contributed by atoms with Gasteiger partial charge >= 0.3 is 0 Å². The fraction of sp³-hybridized carbons (Fsp3) is 0.938. The number of nitrogens with one attached hydrogen (secondary N) is 2. The third-order valence-electron chi connectivity index (χ3n) is 5.23. The molecule has 116 valence electrons. The molecule has 2 saturated carbocycles. The smallest absolute Gasteiger partial charge is 0.191 e. The van der Waals surface area contributed by atoms with E-state index in [0.29, 0.717) is 11.3 Å². The molecule has 4 nitrogen and oxygen atoms in total. The topological polar surface area (TPSA) is 56.7 Å². The van der Waals surface area contributed by atoms with Gasteiger partial charge < -0.3 is 15.7 Å². The van der Waals surface area contributed by atoms with Crippen molar-refractivity contribution < 1.29 is 5.11 Å². The SMILES string of the molecule is CCNC(=NCC1(CC)CCC1)NCC1CCCC1O. The first-order valence-corrected chi connectivity index (χ1v) is 8.39. The lowest BCUT2D eigenvalue weighted by atomic mass is 9.67. The molecule has 2 rings (SSSR count). The number of rotatable bonds is 6. The van der Waals surface area contributed by atoms with E-state index in [4.69, 9.17) is 4.99 Å². The highest BCUT2D eigenvalue weighted by Crippen LogP contribution is 2.43. The van der Waals surface area contributed by atoms with Crippen LogP contribution in [0.3, 0.4) is 0 Å². The highest BCUT2D eigenvalue weighted by atomic mass is 16.3. The number of aliphatic imine (C=N–C) groups is 1. The average Bonchev–Trinajstić information content (AvgIpc) is 2.80.